The van der Waals surface area contributed by atoms with Gasteiger partial charge in [-0.3, -0.25) is 4.18 Å². The Morgan fingerprint density at radius 3 is 1.54 bits per heavy atom. The molecule has 0 rings (SSSR count). The number of rotatable bonds is 16. The van der Waals surface area contributed by atoms with Crippen LogP contribution < -0.4 is 6.15 Å². The summed E-state index contributed by atoms with van der Waals surface area (Å²) in [4.78, 5) is 0. The van der Waals surface area contributed by atoms with E-state index >= 15 is 0 Å². The van der Waals surface area contributed by atoms with Crippen molar-refractivity contribution in [2.24, 2.45) is 5.41 Å². The zero-order valence-electron chi connectivity index (χ0n) is 16.4. The average molecular weight is 368 g/mol. The second-order valence-corrected chi connectivity index (χ2v) is 8.53. The van der Waals surface area contributed by atoms with Gasteiger partial charge in [-0.05, 0) is 11.8 Å². The van der Waals surface area contributed by atoms with Gasteiger partial charge in [0.1, 0.15) is 0 Å². The van der Waals surface area contributed by atoms with Crippen LogP contribution >= 0.6 is 0 Å². The zero-order chi connectivity index (χ0) is 17.6. The lowest BCUT2D eigenvalue weighted by Crippen LogP contribution is -2.21. The predicted octanol–water partition coefficient (Wildman–Crippen LogP) is 5.96. The molecule has 5 nitrogen and oxygen atoms in total. The van der Waals surface area contributed by atoms with Gasteiger partial charge in [0.05, 0.1) is 6.61 Å². The summed E-state index contributed by atoms with van der Waals surface area (Å²) in [5.41, 5.74) is -0.254. The molecule has 0 aromatic rings. The Bertz CT molecular complexity index is 369. The standard InChI is InChI=1S/C18H38O4S.H3N/c1-4-5-6-7-8-9-10-11-12-13-14-15-16-18(2,3)17-22-23(19,20)21;/h4-17H2,1-3H3,(H,19,20,21);1H3. The molecule has 0 amide bonds. The summed E-state index contributed by atoms with van der Waals surface area (Å²) in [5.74, 6) is 0. The van der Waals surface area contributed by atoms with Gasteiger partial charge >= 0.3 is 0 Å². The molecule has 24 heavy (non-hydrogen) atoms. The van der Waals surface area contributed by atoms with Gasteiger partial charge in [-0.25, -0.2) is 8.42 Å². The highest BCUT2D eigenvalue weighted by molar-refractivity contribution is 7.80. The minimum atomic E-state index is -4.56. The monoisotopic (exact) mass is 367 g/mol. The van der Waals surface area contributed by atoms with Crippen LogP contribution in [0.15, 0.2) is 0 Å². The molecule has 0 fully saturated rings. The van der Waals surface area contributed by atoms with Crippen molar-refractivity contribution in [2.45, 2.75) is 104 Å². The predicted molar refractivity (Wildman–Crippen MR) is 101 cm³/mol. The van der Waals surface area contributed by atoms with Crippen molar-refractivity contribution in [1.29, 1.82) is 0 Å². The quantitative estimate of drug-likeness (QED) is 0.206. The van der Waals surface area contributed by atoms with Crippen molar-refractivity contribution >= 4 is 10.4 Å². The molecule has 0 aliphatic heterocycles. The number of hydrogen-bond donors (Lipinski definition) is 1. The van der Waals surface area contributed by atoms with E-state index in [-0.39, 0.29) is 18.2 Å². The van der Waals surface area contributed by atoms with E-state index in [4.69, 9.17) is 0 Å². The molecular formula is C18H41NO4S. The summed E-state index contributed by atoms with van der Waals surface area (Å²) in [6.07, 6.45) is 16.6. The summed E-state index contributed by atoms with van der Waals surface area (Å²) >= 11 is 0. The SMILES string of the molecule is CCCCCCCCCCCCCCC(C)(C)COS(=O)(=O)[O-].[NH4+]. The topological polar surface area (TPSA) is 103 Å². The molecule has 0 unspecified atom stereocenters. The van der Waals surface area contributed by atoms with E-state index in [1.807, 2.05) is 13.8 Å². The summed E-state index contributed by atoms with van der Waals surface area (Å²) in [5, 5.41) is 0. The second kappa shape index (κ2) is 15.1. The Kier molecular flexibility index (Phi) is 16.4. The number of unbranched alkanes of at least 4 members (excludes halogenated alkanes) is 11. The van der Waals surface area contributed by atoms with Crippen LogP contribution in [-0.2, 0) is 14.6 Å². The first-order chi connectivity index (χ1) is 10.8. The van der Waals surface area contributed by atoms with Gasteiger partial charge in [-0.1, -0.05) is 97.8 Å². The lowest BCUT2D eigenvalue weighted by Gasteiger charge is -2.24. The van der Waals surface area contributed by atoms with Crippen molar-refractivity contribution in [3.63, 3.8) is 0 Å². The van der Waals surface area contributed by atoms with Gasteiger partial charge in [0, 0.05) is 0 Å². The van der Waals surface area contributed by atoms with Crippen LogP contribution in [-0.4, -0.2) is 19.6 Å². The van der Waals surface area contributed by atoms with Crippen molar-refractivity contribution < 1.29 is 17.2 Å². The average Bonchev–Trinajstić information content (AvgIpc) is 2.46. The maximum absolute atomic E-state index is 10.5. The van der Waals surface area contributed by atoms with Gasteiger partial charge in [0.15, 0.2) is 0 Å². The Balaban J connectivity index is 0. The first kappa shape index (κ1) is 26.1. The van der Waals surface area contributed by atoms with E-state index in [9.17, 15) is 13.0 Å². The summed E-state index contributed by atoms with van der Waals surface area (Å²) in [6, 6.07) is 0. The molecular weight excluding hydrogens is 326 g/mol. The molecule has 0 aromatic carbocycles. The normalized spacial score (nSPS) is 12.2. The smallest absolute Gasteiger partial charge is 0.217 e. The third-order valence-electron chi connectivity index (χ3n) is 4.30. The molecule has 0 saturated heterocycles. The molecule has 0 saturated carbocycles. The summed E-state index contributed by atoms with van der Waals surface area (Å²) in [6.45, 7) is 6.12. The molecule has 0 aromatic heterocycles. The Morgan fingerprint density at radius 1 is 0.792 bits per heavy atom. The van der Waals surface area contributed by atoms with E-state index in [1.165, 1.54) is 70.6 Å². The molecule has 0 bridgehead atoms. The molecule has 0 radical (unpaired) electrons. The van der Waals surface area contributed by atoms with Gasteiger partial charge in [0.2, 0.25) is 10.4 Å². The zero-order valence-corrected chi connectivity index (χ0v) is 17.3. The molecule has 4 N–H and O–H groups in total. The highest BCUT2D eigenvalue weighted by Crippen LogP contribution is 2.25. The molecule has 0 heterocycles. The van der Waals surface area contributed by atoms with Crippen LogP contribution in [0.4, 0.5) is 0 Å². The van der Waals surface area contributed by atoms with Crippen molar-refractivity contribution in [3.8, 4) is 0 Å². The summed E-state index contributed by atoms with van der Waals surface area (Å²) in [7, 11) is -4.56. The summed E-state index contributed by atoms with van der Waals surface area (Å²) < 4.78 is 35.8. The lowest BCUT2D eigenvalue weighted by molar-refractivity contribution is 0.152. The van der Waals surface area contributed by atoms with Crippen molar-refractivity contribution in [2.75, 3.05) is 6.61 Å². The lowest BCUT2D eigenvalue weighted by atomic mass is 9.88. The Labute approximate surface area is 150 Å². The maximum Gasteiger partial charge on any atom is 0.217 e. The van der Waals surface area contributed by atoms with Crippen LogP contribution in [0.2, 0.25) is 0 Å². The molecule has 0 atom stereocenters. The van der Waals surface area contributed by atoms with E-state index in [2.05, 4.69) is 11.1 Å². The van der Waals surface area contributed by atoms with E-state index in [1.54, 1.807) is 0 Å². The molecule has 6 heteroatoms. The number of quaternary nitrogens is 1. The molecule has 0 spiro atoms. The van der Waals surface area contributed by atoms with Crippen LogP contribution in [0.5, 0.6) is 0 Å². The minimum absolute atomic E-state index is 0. The molecule has 0 aliphatic rings. The largest absolute Gasteiger partial charge is 0.726 e. The van der Waals surface area contributed by atoms with E-state index < -0.39 is 10.4 Å². The van der Waals surface area contributed by atoms with Gasteiger partial charge < -0.3 is 10.7 Å². The first-order valence-electron chi connectivity index (χ1n) is 9.37. The Morgan fingerprint density at radius 2 is 1.17 bits per heavy atom. The molecule has 148 valence electrons. The third-order valence-corrected chi connectivity index (χ3v) is 4.71. The minimum Gasteiger partial charge on any atom is -0.726 e. The van der Waals surface area contributed by atoms with Crippen LogP contribution in [0, 0.1) is 5.41 Å². The second-order valence-electron chi connectivity index (χ2n) is 7.47. The highest BCUT2D eigenvalue weighted by atomic mass is 32.3. The van der Waals surface area contributed by atoms with E-state index in [0.717, 1.165) is 12.8 Å². The van der Waals surface area contributed by atoms with Crippen molar-refractivity contribution in [3.05, 3.63) is 0 Å². The molecule has 0 aliphatic carbocycles. The van der Waals surface area contributed by atoms with Gasteiger partial charge in [-0.2, -0.15) is 0 Å². The maximum atomic E-state index is 10.5. The fraction of sp³-hybridized carbons (Fsp3) is 1.00. The van der Waals surface area contributed by atoms with Gasteiger partial charge in [-0.15, -0.1) is 0 Å². The van der Waals surface area contributed by atoms with Crippen LogP contribution in [0.3, 0.4) is 0 Å². The third kappa shape index (κ3) is 19.9. The van der Waals surface area contributed by atoms with Crippen molar-refractivity contribution in [1.82, 2.24) is 6.15 Å². The van der Waals surface area contributed by atoms with Crippen LogP contribution in [0.25, 0.3) is 0 Å². The fourth-order valence-electron chi connectivity index (χ4n) is 2.75. The number of hydrogen-bond acceptors (Lipinski definition) is 4. The first-order valence-corrected chi connectivity index (χ1v) is 10.7. The fourth-order valence-corrected chi connectivity index (χ4v) is 3.21. The highest BCUT2D eigenvalue weighted by Gasteiger charge is 2.19. The van der Waals surface area contributed by atoms with Gasteiger partial charge in [0.25, 0.3) is 0 Å². The Hall–Kier alpha value is -0.170. The van der Waals surface area contributed by atoms with E-state index in [0.29, 0.717) is 0 Å². The van der Waals surface area contributed by atoms with Crippen LogP contribution in [0.1, 0.15) is 104 Å².